The predicted molar refractivity (Wildman–Crippen MR) is 120 cm³/mol. The molecule has 0 aliphatic rings. The van der Waals surface area contributed by atoms with E-state index in [-0.39, 0.29) is 38.4 Å². The number of hydrogen-bond donors (Lipinski definition) is 2. The van der Waals surface area contributed by atoms with E-state index in [9.17, 15) is 19.2 Å². The Morgan fingerprint density at radius 2 is 1.56 bits per heavy atom. The summed E-state index contributed by atoms with van der Waals surface area (Å²) in [6, 6.07) is 12.0. The van der Waals surface area contributed by atoms with Gasteiger partial charge in [0.25, 0.3) is 5.91 Å². The van der Waals surface area contributed by atoms with Crippen LogP contribution in [0.2, 0.25) is 0 Å². The van der Waals surface area contributed by atoms with Gasteiger partial charge in [-0.1, -0.05) is 12.1 Å². The molecule has 2 aromatic carbocycles. The maximum atomic E-state index is 12.0. The third-order valence-corrected chi connectivity index (χ3v) is 4.50. The third kappa shape index (κ3) is 8.22. The Kier molecular flexibility index (Phi) is 9.41. The van der Waals surface area contributed by atoms with Crippen molar-refractivity contribution in [2.24, 2.45) is 0 Å². The van der Waals surface area contributed by atoms with Crippen LogP contribution in [0, 0.1) is 13.8 Å². The zero-order valence-corrected chi connectivity index (χ0v) is 18.5. The monoisotopic (exact) mass is 440 g/mol. The van der Waals surface area contributed by atoms with Crippen LogP contribution in [0.5, 0.6) is 0 Å². The number of amides is 2. The van der Waals surface area contributed by atoms with Gasteiger partial charge in [-0.05, 0) is 68.7 Å². The summed E-state index contributed by atoms with van der Waals surface area (Å²) in [6.45, 7) is 5.43. The Hall–Kier alpha value is -3.68. The number of carbonyl (C=O) groups is 4. The average molecular weight is 440 g/mol. The third-order valence-electron chi connectivity index (χ3n) is 4.50. The van der Waals surface area contributed by atoms with Crippen LogP contribution in [0.4, 0.5) is 11.4 Å². The highest BCUT2D eigenvalue weighted by molar-refractivity contribution is 5.94. The molecule has 170 valence electrons. The average Bonchev–Trinajstić information content (AvgIpc) is 2.75. The summed E-state index contributed by atoms with van der Waals surface area (Å²) in [7, 11) is 0. The standard InChI is InChI=1S/C24H28N2O6/c1-4-31-24(30)18-10-12-19(13-11-18)25-21(27)6-5-7-23(29)32-15-22(28)26-20-14-16(2)8-9-17(20)3/h8-14H,4-7,15H2,1-3H3,(H,25,27)(H,26,28). The highest BCUT2D eigenvalue weighted by atomic mass is 16.5. The summed E-state index contributed by atoms with van der Waals surface area (Å²) in [6.07, 6.45) is 0.416. The van der Waals surface area contributed by atoms with Gasteiger partial charge in [-0.3, -0.25) is 14.4 Å². The second-order valence-electron chi connectivity index (χ2n) is 7.23. The molecule has 0 radical (unpaired) electrons. The number of anilines is 2. The molecule has 2 N–H and O–H groups in total. The van der Waals surface area contributed by atoms with E-state index in [0.717, 1.165) is 11.1 Å². The minimum Gasteiger partial charge on any atom is -0.462 e. The first-order valence-corrected chi connectivity index (χ1v) is 10.4. The van der Waals surface area contributed by atoms with Gasteiger partial charge in [-0.25, -0.2) is 4.79 Å². The first-order chi connectivity index (χ1) is 15.3. The molecule has 0 atom stereocenters. The van der Waals surface area contributed by atoms with Gasteiger partial charge in [0, 0.05) is 24.2 Å². The topological polar surface area (TPSA) is 111 Å². The highest BCUT2D eigenvalue weighted by Crippen LogP contribution is 2.16. The summed E-state index contributed by atoms with van der Waals surface area (Å²) in [4.78, 5) is 47.5. The molecule has 32 heavy (non-hydrogen) atoms. The molecule has 8 nitrogen and oxygen atoms in total. The van der Waals surface area contributed by atoms with E-state index in [0.29, 0.717) is 16.9 Å². The molecule has 2 rings (SSSR count). The summed E-state index contributed by atoms with van der Waals surface area (Å²) >= 11 is 0. The molecule has 0 heterocycles. The van der Waals surface area contributed by atoms with Crippen LogP contribution >= 0.6 is 0 Å². The van der Waals surface area contributed by atoms with Gasteiger partial charge in [0.05, 0.1) is 12.2 Å². The lowest BCUT2D eigenvalue weighted by Crippen LogP contribution is -2.21. The minimum atomic E-state index is -0.548. The summed E-state index contributed by atoms with van der Waals surface area (Å²) < 4.78 is 9.88. The Morgan fingerprint density at radius 3 is 2.25 bits per heavy atom. The van der Waals surface area contributed by atoms with Crippen molar-refractivity contribution >= 4 is 35.1 Å². The van der Waals surface area contributed by atoms with Gasteiger partial charge in [0.2, 0.25) is 5.91 Å². The fourth-order valence-electron chi connectivity index (χ4n) is 2.80. The number of ether oxygens (including phenoxy) is 2. The van der Waals surface area contributed by atoms with Gasteiger partial charge in [0.15, 0.2) is 6.61 Å². The number of carbonyl (C=O) groups excluding carboxylic acids is 4. The molecular weight excluding hydrogens is 412 g/mol. The number of hydrogen-bond acceptors (Lipinski definition) is 6. The fourth-order valence-corrected chi connectivity index (χ4v) is 2.80. The minimum absolute atomic E-state index is 0.0198. The molecule has 8 heteroatoms. The normalized spacial score (nSPS) is 10.2. The lowest BCUT2D eigenvalue weighted by Gasteiger charge is -2.10. The van der Waals surface area contributed by atoms with Crippen molar-refractivity contribution in [3.8, 4) is 0 Å². The van der Waals surface area contributed by atoms with Gasteiger partial charge >= 0.3 is 11.9 Å². The Labute approximate surface area is 187 Å². The Bertz CT molecular complexity index is 969. The second kappa shape index (κ2) is 12.2. The first kappa shape index (κ1) is 24.6. The van der Waals surface area contributed by atoms with Crippen LogP contribution in [0.3, 0.4) is 0 Å². The van der Waals surface area contributed by atoms with Crippen molar-refractivity contribution in [3.63, 3.8) is 0 Å². The number of aryl methyl sites for hydroxylation is 2. The van der Waals surface area contributed by atoms with Crippen LogP contribution in [0.1, 0.15) is 47.7 Å². The zero-order valence-electron chi connectivity index (χ0n) is 18.5. The molecule has 0 aliphatic heterocycles. The Balaban J connectivity index is 1.66. The second-order valence-corrected chi connectivity index (χ2v) is 7.23. The van der Waals surface area contributed by atoms with Gasteiger partial charge in [-0.2, -0.15) is 0 Å². The van der Waals surface area contributed by atoms with E-state index in [1.165, 1.54) is 0 Å². The van der Waals surface area contributed by atoms with Crippen LogP contribution in [-0.2, 0) is 23.9 Å². The van der Waals surface area contributed by atoms with Crippen LogP contribution in [-0.4, -0.2) is 37.0 Å². The van der Waals surface area contributed by atoms with Gasteiger partial charge in [0.1, 0.15) is 0 Å². The van der Waals surface area contributed by atoms with E-state index >= 15 is 0 Å². The largest absolute Gasteiger partial charge is 0.462 e. The fraction of sp³-hybridized carbons (Fsp3) is 0.333. The molecule has 0 aliphatic carbocycles. The van der Waals surface area contributed by atoms with Crippen molar-refractivity contribution in [1.82, 2.24) is 0 Å². The molecule has 0 unspecified atom stereocenters. The summed E-state index contributed by atoms with van der Waals surface area (Å²) in [5.74, 6) is -1.66. The van der Waals surface area contributed by atoms with Crippen LogP contribution in [0.25, 0.3) is 0 Å². The molecule has 2 aromatic rings. The maximum Gasteiger partial charge on any atom is 0.338 e. The SMILES string of the molecule is CCOC(=O)c1ccc(NC(=O)CCCC(=O)OCC(=O)Nc2cc(C)ccc2C)cc1. The zero-order chi connectivity index (χ0) is 23.5. The molecule has 0 spiro atoms. The quantitative estimate of drug-likeness (QED) is 0.544. The molecule has 0 bridgehead atoms. The number of rotatable bonds is 10. The molecule has 0 saturated heterocycles. The molecule has 0 fully saturated rings. The number of esters is 2. The molecular formula is C24H28N2O6. The van der Waals surface area contributed by atoms with Crippen LogP contribution in [0.15, 0.2) is 42.5 Å². The Morgan fingerprint density at radius 1 is 0.844 bits per heavy atom. The summed E-state index contributed by atoms with van der Waals surface area (Å²) in [5.41, 5.74) is 3.54. The van der Waals surface area contributed by atoms with Crippen molar-refractivity contribution in [2.45, 2.75) is 40.0 Å². The lowest BCUT2D eigenvalue weighted by atomic mass is 10.1. The lowest BCUT2D eigenvalue weighted by molar-refractivity contribution is -0.147. The molecule has 0 aromatic heterocycles. The van der Waals surface area contributed by atoms with Crippen molar-refractivity contribution < 1.29 is 28.7 Å². The number of nitrogens with one attached hydrogen (secondary N) is 2. The van der Waals surface area contributed by atoms with Gasteiger partial charge in [-0.15, -0.1) is 0 Å². The van der Waals surface area contributed by atoms with E-state index in [2.05, 4.69) is 10.6 Å². The van der Waals surface area contributed by atoms with E-state index < -0.39 is 17.8 Å². The van der Waals surface area contributed by atoms with Crippen molar-refractivity contribution in [1.29, 1.82) is 0 Å². The van der Waals surface area contributed by atoms with Crippen molar-refractivity contribution in [2.75, 3.05) is 23.8 Å². The number of benzene rings is 2. The first-order valence-electron chi connectivity index (χ1n) is 10.4. The highest BCUT2D eigenvalue weighted by Gasteiger charge is 2.11. The molecule has 2 amide bonds. The summed E-state index contributed by atoms with van der Waals surface area (Å²) in [5, 5.41) is 5.41. The smallest absolute Gasteiger partial charge is 0.338 e. The van der Waals surface area contributed by atoms with Crippen molar-refractivity contribution in [3.05, 3.63) is 59.2 Å². The van der Waals surface area contributed by atoms with E-state index in [4.69, 9.17) is 9.47 Å². The molecule has 0 saturated carbocycles. The van der Waals surface area contributed by atoms with E-state index in [1.807, 2.05) is 32.0 Å². The predicted octanol–water partition coefficient (Wildman–Crippen LogP) is 3.77. The maximum absolute atomic E-state index is 12.0. The van der Waals surface area contributed by atoms with E-state index in [1.54, 1.807) is 31.2 Å². The van der Waals surface area contributed by atoms with Gasteiger partial charge < -0.3 is 20.1 Å². The van der Waals surface area contributed by atoms with Crippen LogP contribution < -0.4 is 10.6 Å².